The predicted molar refractivity (Wildman–Crippen MR) is 193 cm³/mol. The van der Waals surface area contributed by atoms with Gasteiger partial charge in [0.15, 0.2) is 0 Å². The van der Waals surface area contributed by atoms with Crippen molar-refractivity contribution in [2.45, 2.75) is 124 Å². The Morgan fingerprint density at radius 1 is 0.938 bits per heavy atom. The Bertz CT molecular complexity index is 1220. The van der Waals surface area contributed by atoms with E-state index in [0.717, 1.165) is 87.2 Å². The molecule has 8 unspecified atom stereocenters. The summed E-state index contributed by atoms with van der Waals surface area (Å²) in [7, 11) is 2.83. The van der Waals surface area contributed by atoms with Gasteiger partial charge in [-0.15, -0.1) is 0 Å². The monoisotopic (exact) mass is 666 g/mol. The summed E-state index contributed by atoms with van der Waals surface area (Å²) >= 11 is 0. The smallest absolute Gasteiger partial charge is 0.237 e. The maximum atomic E-state index is 13.3. The second-order valence-electron chi connectivity index (χ2n) is 16.1. The van der Waals surface area contributed by atoms with Crippen LogP contribution in [0.3, 0.4) is 0 Å². The van der Waals surface area contributed by atoms with Gasteiger partial charge >= 0.3 is 0 Å². The van der Waals surface area contributed by atoms with Gasteiger partial charge in [-0.3, -0.25) is 24.8 Å². The van der Waals surface area contributed by atoms with Crippen molar-refractivity contribution >= 4 is 11.8 Å². The van der Waals surface area contributed by atoms with Gasteiger partial charge in [0, 0.05) is 53.3 Å². The first-order valence-corrected chi connectivity index (χ1v) is 19.7. The summed E-state index contributed by atoms with van der Waals surface area (Å²) in [6.45, 7) is 13.9. The van der Waals surface area contributed by atoms with E-state index >= 15 is 0 Å². The molecule has 0 aromatic carbocycles. The second-order valence-corrected chi connectivity index (χ2v) is 16.1. The predicted octanol–water partition coefficient (Wildman–Crippen LogP) is 6.64. The van der Waals surface area contributed by atoms with E-state index in [1.807, 2.05) is 33.0 Å². The van der Waals surface area contributed by atoms with E-state index in [9.17, 15) is 9.59 Å². The maximum absolute atomic E-state index is 13.3. The lowest BCUT2D eigenvalue weighted by atomic mass is 9.45. The van der Waals surface area contributed by atoms with Crippen molar-refractivity contribution in [3.8, 4) is 0 Å². The molecule has 270 valence electrons. The average molecular weight is 666 g/mol. The molecule has 4 saturated carbocycles. The maximum Gasteiger partial charge on any atom is 0.237 e. The van der Waals surface area contributed by atoms with Crippen LogP contribution in [0, 0.1) is 40.4 Å². The number of nitrogens with zero attached hydrogens (tertiary/aromatic N) is 4. The van der Waals surface area contributed by atoms with E-state index in [-0.39, 0.29) is 12.1 Å². The van der Waals surface area contributed by atoms with E-state index in [1.54, 1.807) is 4.90 Å². The molecular weight excluding hydrogens is 598 g/mol. The molecule has 48 heavy (non-hydrogen) atoms. The summed E-state index contributed by atoms with van der Waals surface area (Å²) in [4.78, 5) is 36.3. The summed E-state index contributed by atoms with van der Waals surface area (Å²) in [5.74, 6) is 5.16. The van der Waals surface area contributed by atoms with Gasteiger partial charge in [0.1, 0.15) is 6.17 Å². The van der Waals surface area contributed by atoms with Crippen LogP contribution in [0.5, 0.6) is 0 Å². The van der Waals surface area contributed by atoms with Crippen LogP contribution < -0.4 is 5.32 Å². The van der Waals surface area contributed by atoms with Gasteiger partial charge in [0.2, 0.25) is 11.8 Å². The third-order valence-electron chi connectivity index (χ3n) is 14.2. The summed E-state index contributed by atoms with van der Waals surface area (Å²) in [6.07, 6.45) is 17.6. The fraction of sp³-hybridized carbons (Fsp3) is 0.825. The molecule has 4 aliphatic carbocycles. The highest BCUT2D eigenvalue weighted by Gasteiger charge is 2.59. The van der Waals surface area contributed by atoms with E-state index in [2.05, 4.69) is 35.0 Å². The summed E-state index contributed by atoms with van der Waals surface area (Å²) in [5.41, 5.74) is 3.06. The van der Waals surface area contributed by atoms with Crippen molar-refractivity contribution < 1.29 is 14.7 Å². The number of hydrogen-bond acceptors (Lipinski definition) is 6. The van der Waals surface area contributed by atoms with Crippen LogP contribution in [-0.2, 0) is 16.1 Å². The molecule has 6 fully saturated rings. The third kappa shape index (κ3) is 7.37. The molecule has 7 rings (SSSR count). The largest absolute Gasteiger partial charge is 0.400 e. The Morgan fingerprint density at radius 3 is 2.42 bits per heavy atom. The number of amides is 2. The van der Waals surface area contributed by atoms with Crippen LogP contribution in [0.2, 0.25) is 0 Å². The minimum Gasteiger partial charge on any atom is -0.400 e. The minimum atomic E-state index is -0.148. The molecule has 1 aromatic heterocycles. The van der Waals surface area contributed by atoms with Crippen LogP contribution in [0.15, 0.2) is 18.2 Å². The molecule has 6 aliphatic rings. The zero-order valence-electron chi connectivity index (χ0n) is 31.2. The lowest BCUT2D eigenvalue weighted by molar-refractivity contribution is -0.133. The van der Waals surface area contributed by atoms with Crippen LogP contribution in [-0.4, -0.2) is 83.5 Å². The van der Waals surface area contributed by atoms with E-state index in [0.29, 0.717) is 29.7 Å². The SMILES string of the molecule is CC.CN1C(=O)CNC1c1cccc(CN2CCN(C(=O)CCCC3CCC4C5CCC6CCCCC6(C)C5CCC34C)CC2)n1.CO. The number of aliphatic hydroxyl groups is 1. The molecule has 3 heterocycles. The number of pyridine rings is 1. The number of carbonyl (C=O) groups excluding carboxylic acids is 2. The molecule has 2 amide bonds. The standard InChI is InChI=1S/C37H57N5O2.C2H6.CH4O/c1-36-18-5-4-8-26(36)13-15-29-30-16-14-27(37(30,2)19-17-31(29)36)9-6-12-33(43)42-22-20-41(21-23-42)25-28-10-7-11-32(39-28)35-38-24-34(44)40(35)3;2*1-2/h7,10-11,26-27,29-31,35,38H,4-6,8-9,12-25H2,1-3H3;1-2H3;2H,1H3. The van der Waals surface area contributed by atoms with Crippen molar-refractivity contribution in [3.63, 3.8) is 0 Å². The first-order valence-electron chi connectivity index (χ1n) is 19.7. The van der Waals surface area contributed by atoms with Gasteiger partial charge in [-0.05, 0) is 117 Å². The van der Waals surface area contributed by atoms with Gasteiger partial charge < -0.3 is 14.9 Å². The highest BCUT2D eigenvalue weighted by atomic mass is 16.2. The molecule has 8 atom stereocenters. The zero-order chi connectivity index (χ0) is 34.5. The number of rotatable bonds is 7. The summed E-state index contributed by atoms with van der Waals surface area (Å²) < 4.78 is 0. The van der Waals surface area contributed by atoms with Crippen LogP contribution in [0.1, 0.15) is 129 Å². The topological polar surface area (TPSA) is 89.0 Å². The normalized spacial score (nSPS) is 36.2. The molecular formula is C40H67N5O3. The van der Waals surface area contributed by atoms with Gasteiger partial charge in [0.05, 0.1) is 17.9 Å². The fourth-order valence-electron chi connectivity index (χ4n) is 11.6. The van der Waals surface area contributed by atoms with Crippen molar-refractivity contribution in [2.75, 3.05) is 46.9 Å². The molecule has 1 aromatic rings. The number of carbonyl (C=O) groups is 2. The van der Waals surface area contributed by atoms with Crippen LogP contribution in [0.4, 0.5) is 0 Å². The number of fused-ring (bicyclic) bond motifs is 5. The van der Waals surface area contributed by atoms with Crippen molar-refractivity contribution in [1.82, 2.24) is 25.0 Å². The van der Waals surface area contributed by atoms with Crippen molar-refractivity contribution in [3.05, 3.63) is 29.6 Å². The zero-order valence-corrected chi connectivity index (χ0v) is 31.2. The highest BCUT2D eigenvalue weighted by molar-refractivity contribution is 5.80. The number of hydrogen-bond donors (Lipinski definition) is 2. The molecule has 8 heteroatoms. The first kappa shape index (κ1) is 37.2. The Hall–Kier alpha value is -2.03. The van der Waals surface area contributed by atoms with Gasteiger partial charge in [-0.2, -0.15) is 0 Å². The Labute approximate surface area is 291 Å². The van der Waals surface area contributed by atoms with Gasteiger partial charge in [-0.1, -0.05) is 46.6 Å². The Morgan fingerprint density at radius 2 is 1.69 bits per heavy atom. The first-order chi connectivity index (χ1) is 23.3. The van der Waals surface area contributed by atoms with Crippen molar-refractivity contribution in [1.29, 1.82) is 0 Å². The van der Waals surface area contributed by atoms with Crippen molar-refractivity contribution in [2.24, 2.45) is 40.4 Å². The molecule has 2 N–H and O–H groups in total. The third-order valence-corrected chi connectivity index (χ3v) is 14.2. The number of piperazine rings is 1. The summed E-state index contributed by atoms with van der Waals surface area (Å²) in [5, 5.41) is 10.2. The second kappa shape index (κ2) is 16.3. The van der Waals surface area contributed by atoms with E-state index < -0.39 is 0 Å². The highest BCUT2D eigenvalue weighted by Crippen LogP contribution is 2.67. The lowest BCUT2D eigenvalue weighted by Crippen LogP contribution is -2.52. The van der Waals surface area contributed by atoms with Crippen LogP contribution >= 0.6 is 0 Å². The molecule has 2 aliphatic heterocycles. The lowest BCUT2D eigenvalue weighted by Gasteiger charge is -2.60. The molecule has 0 bridgehead atoms. The van der Waals surface area contributed by atoms with Crippen LogP contribution in [0.25, 0.3) is 0 Å². The quantitative estimate of drug-likeness (QED) is 0.340. The molecule has 8 nitrogen and oxygen atoms in total. The van der Waals surface area contributed by atoms with Gasteiger partial charge in [0.25, 0.3) is 0 Å². The fourth-order valence-corrected chi connectivity index (χ4v) is 11.6. The number of aliphatic hydroxyl groups excluding tert-OH is 1. The Kier molecular flexibility index (Phi) is 12.7. The average Bonchev–Trinajstić information content (AvgIpc) is 3.64. The molecule has 0 radical (unpaired) electrons. The van der Waals surface area contributed by atoms with Gasteiger partial charge in [-0.25, -0.2) is 0 Å². The number of nitrogens with one attached hydrogen (secondary N) is 1. The number of likely N-dealkylation sites (N-methyl/N-ethyl adjacent to an activating group) is 1. The summed E-state index contributed by atoms with van der Waals surface area (Å²) in [6, 6.07) is 6.10. The minimum absolute atomic E-state index is 0.0998. The Balaban J connectivity index is 0.00000109. The molecule has 2 saturated heterocycles. The van der Waals surface area contributed by atoms with E-state index in [1.165, 1.54) is 70.6 Å². The number of aromatic nitrogens is 1. The molecule has 0 spiro atoms. The van der Waals surface area contributed by atoms with E-state index in [4.69, 9.17) is 10.1 Å².